The molecule has 1 amide bonds. The van der Waals surface area contributed by atoms with Crippen molar-refractivity contribution in [1.82, 2.24) is 29.1 Å². The first-order valence-electron chi connectivity index (χ1n) is 20.7. The van der Waals surface area contributed by atoms with Crippen LogP contribution in [0.3, 0.4) is 0 Å². The van der Waals surface area contributed by atoms with Gasteiger partial charge in [0.25, 0.3) is 0 Å². The molecule has 16 heteroatoms. The van der Waals surface area contributed by atoms with E-state index in [0.29, 0.717) is 30.0 Å². The van der Waals surface area contributed by atoms with Gasteiger partial charge in [-0.25, -0.2) is 9.65 Å². The van der Waals surface area contributed by atoms with Gasteiger partial charge in [-0.05, 0) is 80.5 Å². The molecule has 6 aromatic rings. The van der Waals surface area contributed by atoms with E-state index in [0.717, 1.165) is 22.3 Å². The Kier molecular flexibility index (Phi) is 13.8. The van der Waals surface area contributed by atoms with Crippen molar-refractivity contribution in [3.05, 3.63) is 144 Å². The maximum atomic E-state index is 13.4. The van der Waals surface area contributed by atoms with Crippen LogP contribution in [0, 0.1) is 11.3 Å². The molecule has 3 atom stereocenters. The highest BCUT2D eigenvalue weighted by Gasteiger charge is 2.47. The molecule has 14 nitrogen and oxygen atoms in total. The number of hydrogen-bond acceptors (Lipinski definition) is 11. The highest BCUT2D eigenvalue weighted by atomic mass is 35.7. The third-order valence-electron chi connectivity index (χ3n) is 10.7. The Balaban J connectivity index is 1.32. The number of morpholine rings is 1. The van der Waals surface area contributed by atoms with Crippen LogP contribution in [-0.4, -0.2) is 80.9 Å². The first-order valence-corrected chi connectivity index (χ1v) is 23.2. The van der Waals surface area contributed by atoms with Gasteiger partial charge in [0.1, 0.15) is 18.6 Å². The topological polar surface area (TPSA) is 150 Å². The Hall–Kier alpha value is -5.47. The zero-order valence-electron chi connectivity index (χ0n) is 36.5. The van der Waals surface area contributed by atoms with E-state index in [4.69, 9.17) is 39.9 Å². The number of nitrogens with one attached hydrogen (secondary N) is 1. The molecule has 1 N–H and O–H groups in total. The number of carbonyl (C=O) groups is 2. The lowest BCUT2D eigenvalue weighted by Gasteiger charge is -2.50. The summed E-state index contributed by atoms with van der Waals surface area (Å²) in [6, 6.07) is 37.9. The van der Waals surface area contributed by atoms with E-state index in [2.05, 4.69) is 51.6 Å². The van der Waals surface area contributed by atoms with Crippen molar-refractivity contribution < 1.29 is 32.9 Å². The quantitative estimate of drug-likeness (QED) is 0.0454. The number of benzene rings is 4. The molecule has 3 heterocycles. The molecule has 1 unspecified atom stereocenters. The maximum Gasteiger partial charge on any atom is 0.362 e. The predicted octanol–water partition coefficient (Wildman–Crippen LogP) is 9.07. The van der Waals surface area contributed by atoms with Crippen LogP contribution in [0.15, 0.2) is 122 Å². The van der Waals surface area contributed by atoms with E-state index in [9.17, 15) is 14.2 Å². The second kappa shape index (κ2) is 19.1. The monoisotopic (exact) mass is 893 g/mol. The van der Waals surface area contributed by atoms with E-state index in [-0.39, 0.29) is 42.8 Å². The van der Waals surface area contributed by atoms with Crippen molar-refractivity contribution in [2.75, 3.05) is 39.1 Å². The zero-order valence-corrected chi connectivity index (χ0v) is 38.1. The Morgan fingerprint density at radius 3 is 1.97 bits per heavy atom. The van der Waals surface area contributed by atoms with E-state index < -0.39 is 30.2 Å². The van der Waals surface area contributed by atoms with E-state index in [1.807, 2.05) is 54.6 Å². The van der Waals surface area contributed by atoms with Crippen molar-refractivity contribution in [3.8, 4) is 11.6 Å². The van der Waals surface area contributed by atoms with Crippen molar-refractivity contribution in [3.63, 3.8) is 0 Å². The number of imidazole rings is 1. The van der Waals surface area contributed by atoms with Gasteiger partial charge in [0.05, 0.1) is 30.0 Å². The molecule has 0 aliphatic carbocycles. The molecule has 2 aromatic heterocycles. The average Bonchev–Trinajstić information content (AvgIpc) is 3.70. The number of amides is 1. The number of esters is 1. The molecule has 1 aliphatic heterocycles. The summed E-state index contributed by atoms with van der Waals surface area (Å²) >= 11 is 6.42. The summed E-state index contributed by atoms with van der Waals surface area (Å²) in [5, 5.41) is 2.83. The standard InChI is InChI=1S/C47H53ClN7O7P/c1-32(2)42(56)51-45-50-41-40(43(52-45)59-29-33-23-25-37(26-24-33)62-44(57)46(3,4)5)49-31-55(41)39-28-54(27-38(61-39)30-60-63(48,58)53(6)7)47(34-17-11-8-12-18-34,35-19-13-9-14-20-35)36-21-15-10-16-22-36/h8-26,31-32,38-39H,27-30H2,1-7H3,(H,50,51,52,56)/t38-,39?,63+/m0/s1. The molecule has 0 saturated carbocycles. The van der Waals surface area contributed by atoms with E-state index in [1.54, 1.807) is 83.9 Å². The van der Waals surface area contributed by atoms with Crippen LogP contribution in [0.25, 0.3) is 11.2 Å². The largest absolute Gasteiger partial charge is 0.471 e. The van der Waals surface area contributed by atoms with Gasteiger partial charge in [0, 0.05) is 19.0 Å². The van der Waals surface area contributed by atoms with E-state index >= 15 is 0 Å². The lowest BCUT2D eigenvalue weighted by atomic mass is 9.75. The molecular formula is C47H53ClN7O7P. The van der Waals surface area contributed by atoms with Crippen molar-refractivity contribution >= 4 is 47.1 Å². The Bertz CT molecular complexity index is 2460. The van der Waals surface area contributed by atoms with Gasteiger partial charge in [0.15, 0.2) is 11.2 Å². The summed E-state index contributed by atoms with van der Waals surface area (Å²) in [6.45, 7) is 5.89. The summed E-state index contributed by atoms with van der Waals surface area (Å²) in [6.07, 6.45) is 0.195. The number of ether oxygens (including phenoxy) is 3. The van der Waals surface area contributed by atoms with Gasteiger partial charge in [-0.3, -0.25) is 28.9 Å². The van der Waals surface area contributed by atoms with Crippen LogP contribution in [-0.2, 0) is 35.6 Å². The van der Waals surface area contributed by atoms with Crippen LogP contribution in [0.2, 0.25) is 0 Å². The SMILES string of the molecule is CC(C)C(=O)Nc1nc(OCc2ccc(OC(=O)C(C)(C)C)cc2)c2ncn(C3CN(C(c4ccccc4)(c4ccccc4)c4ccccc4)C[C@@H](CO[P@](=O)(Cl)N(C)C)O3)c2n1. The lowest BCUT2D eigenvalue weighted by Crippen LogP contribution is -2.57. The summed E-state index contributed by atoms with van der Waals surface area (Å²) in [4.78, 5) is 42.1. The first kappa shape index (κ1) is 45.6. The normalized spacial score (nSPS) is 17.1. The number of carbonyl (C=O) groups excluding carboxylic acids is 2. The molecule has 1 aliphatic rings. The Morgan fingerprint density at radius 2 is 1.44 bits per heavy atom. The van der Waals surface area contributed by atoms with Crippen molar-refractivity contribution in [2.45, 2.75) is 59.1 Å². The number of hydrogen-bond donors (Lipinski definition) is 1. The minimum Gasteiger partial charge on any atom is -0.471 e. The highest BCUT2D eigenvalue weighted by molar-refractivity contribution is 7.83. The zero-order chi connectivity index (χ0) is 44.9. The molecular weight excluding hydrogens is 841 g/mol. The van der Waals surface area contributed by atoms with Crippen molar-refractivity contribution in [1.29, 1.82) is 0 Å². The second-order valence-electron chi connectivity index (χ2n) is 16.9. The third kappa shape index (κ3) is 10.2. The van der Waals surface area contributed by atoms with Gasteiger partial charge in [-0.2, -0.15) is 9.97 Å². The average molecular weight is 894 g/mol. The first-order chi connectivity index (χ1) is 30.1. The molecule has 63 heavy (non-hydrogen) atoms. The van der Waals surface area contributed by atoms with Gasteiger partial charge in [-0.1, -0.05) is 117 Å². The van der Waals surface area contributed by atoms with Crippen molar-refractivity contribution in [2.24, 2.45) is 11.3 Å². The fraction of sp³-hybridized carbons (Fsp3) is 0.340. The fourth-order valence-corrected chi connectivity index (χ4v) is 8.04. The number of rotatable bonds is 15. The molecule has 0 spiro atoms. The number of fused-ring (bicyclic) bond motifs is 1. The van der Waals surface area contributed by atoms with Crippen LogP contribution in [0.1, 0.15) is 63.1 Å². The number of halogens is 1. The minimum absolute atomic E-state index is 0.0243. The van der Waals surface area contributed by atoms with Gasteiger partial charge < -0.3 is 18.7 Å². The summed E-state index contributed by atoms with van der Waals surface area (Å²) < 4.78 is 41.2. The smallest absolute Gasteiger partial charge is 0.362 e. The van der Waals surface area contributed by atoms with Gasteiger partial charge in [0.2, 0.25) is 17.7 Å². The minimum atomic E-state index is -3.68. The summed E-state index contributed by atoms with van der Waals surface area (Å²) in [7, 11) is 3.20. The summed E-state index contributed by atoms with van der Waals surface area (Å²) in [5.74, 6) is -0.413. The predicted molar refractivity (Wildman–Crippen MR) is 242 cm³/mol. The number of anilines is 1. The number of aromatic nitrogens is 4. The Labute approximate surface area is 372 Å². The molecule has 1 saturated heterocycles. The summed E-state index contributed by atoms with van der Waals surface area (Å²) in [5.41, 5.74) is 3.00. The van der Waals surface area contributed by atoms with E-state index in [1.165, 1.54) is 4.67 Å². The highest BCUT2D eigenvalue weighted by Crippen LogP contribution is 2.54. The second-order valence-corrected chi connectivity index (χ2v) is 20.2. The molecule has 0 bridgehead atoms. The van der Waals surface area contributed by atoms with Gasteiger partial charge >= 0.3 is 12.8 Å². The molecule has 7 rings (SSSR count). The molecule has 0 radical (unpaired) electrons. The molecule has 1 fully saturated rings. The lowest BCUT2D eigenvalue weighted by molar-refractivity contribution is -0.145. The maximum absolute atomic E-state index is 13.4. The number of nitrogens with zero attached hydrogens (tertiary/aromatic N) is 6. The fourth-order valence-electron chi connectivity index (χ4n) is 7.29. The van der Waals surface area contributed by atoms with Crippen LogP contribution < -0.4 is 14.8 Å². The molecule has 4 aromatic carbocycles. The van der Waals surface area contributed by atoms with Crippen LogP contribution in [0.4, 0.5) is 5.95 Å². The van der Waals surface area contributed by atoms with Gasteiger partial charge in [-0.15, -0.1) is 0 Å². The van der Waals surface area contributed by atoms with Crippen LogP contribution >= 0.6 is 18.1 Å². The third-order valence-corrected chi connectivity index (χ3v) is 13.3. The molecule has 330 valence electrons. The Morgan fingerprint density at radius 1 is 0.873 bits per heavy atom. The van der Waals surface area contributed by atoms with Crippen LogP contribution in [0.5, 0.6) is 11.6 Å².